The number of aryl methyl sites for hydroxylation is 2. The van der Waals surface area contributed by atoms with E-state index in [0.29, 0.717) is 0 Å². The van der Waals surface area contributed by atoms with E-state index in [4.69, 9.17) is 0 Å². The van der Waals surface area contributed by atoms with Gasteiger partial charge in [-0.05, 0) is 20.3 Å². The number of anilines is 2. The molecule has 2 N–H and O–H groups in total. The van der Waals surface area contributed by atoms with Crippen molar-refractivity contribution in [1.29, 1.82) is 0 Å². The number of nitrogens with one attached hydrogen (secondary N) is 2. The van der Waals surface area contributed by atoms with Gasteiger partial charge in [0, 0.05) is 32.1 Å². The first kappa shape index (κ1) is 15.2. The molecule has 7 nitrogen and oxygen atoms in total. The molecule has 0 aromatic carbocycles. The maximum atomic E-state index is 4.47. The Morgan fingerprint density at radius 2 is 1.76 bits per heavy atom. The van der Waals surface area contributed by atoms with Crippen molar-refractivity contribution in [1.82, 2.24) is 24.7 Å². The third-order valence-electron chi connectivity index (χ3n) is 3.09. The first-order valence-electron chi connectivity index (χ1n) is 7.27. The SMILES string of the molecule is CCCNc1nc(C)nc(NCCc2ncn(C)n2)c1C. The van der Waals surface area contributed by atoms with Gasteiger partial charge in [0.2, 0.25) is 0 Å². The summed E-state index contributed by atoms with van der Waals surface area (Å²) < 4.78 is 1.71. The number of hydrogen-bond donors (Lipinski definition) is 2. The Hall–Kier alpha value is -2.18. The molecule has 2 rings (SSSR count). The monoisotopic (exact) mass is 289 g/mol. The molecule has 2 aromatic heterocycles. The standard InChI is InChI=1S/C14H23N7/c1-5-7-15-13-10(2)14(19-11(3)18-13)16-8-6-12-17-9-21(4)20-12/h9H,5-8H2,1-4H3,(H2,15,16,18,19). The highest BCUT2D eigenvalue weighted by molar-refractivity contribution is 5.57. The van der Waals surface area contributed by atoms with E-state index >= 15 is 0 Å². The first-order valence-corrected chi connectivity index (χ1v) is 7.27. The van der Waals surface area contributed by atoms with Crippen molar-refractivity contribution in [2.45, 2.75) is 33.6 Å². The highest BCUT2D eigenvalue weighted by Crippen LogP contribution is 2.19. The summed E-state index contributed by atoms with van der Waals surface area (Å²) in [7, 11) is 1.87. The molecule has 2 aromatic rings. The van der Waals surface area contributed by atoms with Gasteiger partial charge >= 0.3 is 0 Å². The minimum Gasteiger partial charge on any atom is -0.370 e. The molecule has 0 saturated heterocycles. The quantitative estimate of drug-likeness (QED) is 0.807. The molecule has 0 fully saturated rings. The fourth-order valence-corrected chi connectivity index (χ4v) is 2.01. The van der Waals surface area contributed by atoms with Crippen molar-refractivity contribution < 1.29 is 0 Å². The summed E-state index contributed by atoms with van der Waals surface area (Å²) >= 11 is 0. The number of rotatable bonds is 7. The molecule has 2 heterocycles. The van der Waals surface area contributed by atoms with Crippen LogP contribution in [0.15, 0.2) is 6.33 Å². The summed E-state index contributed by atoms with van der Waals surface area (Å²) in [5.41, 5.74) is 1.04. The molecule has 0 spiro atoms. The minimum absolute atomic E-state index is 0.745. The van der Waals surface area contributed by atoms with E-state index in [1.165, 1.54) is 0 Å². The molecule has 0 amide bonds. The minimum atomic E-state index is 0.745. The third kappa shape index (κ3) is 4.14. The van der Waals surface area contributed by atoms with Gasteiger partial charge < -0.3 is 10.6 Å². The lowest BCUT2D eigenvalue weighted by Gasteiger charge is -2.13. The van der Waals surface area contributed by atoms with Crippen LogP contribution in [-0.4, -0.2) is 37.8 Å². The normalized spacial score (nSPS) is 10.7. The van der Waals surface area contributed by atoms with E-state index < -0.39 is 0 Å². The molecule has 0 saturated carbocycles. The molecule has 0 aliphatic heterocycles. The number of hydrogen-bond acceptors (Lipinski definition) is 6. The topological polar surface area (TPSA) is 80.5 Å². The van der Waals surface area contributed by atoms with Crippen LogP contribution < -0.4 is 10.6 Å². The smallest absolute Gasteiger partial charge is 0.152 e. The molecule has 0 unspecified atom stereocenters. The van der Waals surface area contributed by atoms with E-state index in [1.807, 2.05) is 20.9 Å². The molecule has 21 heavy (non-hydrogen) atoms. The Labute approximate surface area is 125 Å². The summed E-state index contributed by atoms with van der Waals surface area (Å²) in [6.07, 6.45) is 3.54. The lowest BCUT2D eigenvalue weighted by atomic mass is 10.3. The second-order valence-corrected chi connectivity index (χ2v) is 5.03. The first-order chi connectivity index (χ1) is 10.1. The predicted molar refractivity (Wildman–Crippen MR) is 83.5 cm³/mol. The number of nitrogens with zero attached hydrogens (tertiary/aromatic N) is 5. The lowest BCUT2D eigenvalue weighted by Crippen LogP contribution is -2.13. The van der Waals surface area contributed by atoms with Crippen LogP contribution in [0.5, 0.6) is 0 Å². The molecule has 114 valence electrons. The third-order valence-corrected chi connectivity index (χ3v) is 3.09. The number of aromatic nitrogens is 5. The van der Waals surface area contributed by atoms with Gasteiger partial charge in [0.25, 0.3) is 0 Å². The second-order valence-electron chi connectivity index (χ2n) is 5.03. The van der Waals surface area contributed by atoms with Crippen molar-refractivity contribution in [2.24, 2.45) is 7.05 Å². The average Bonchev–Trinajstić information content (AvgIpc) is 2.86. The molecule has 0 radical (unpaired) electrons. The second kappa shape index (κ2) is 7.01. The maximum absolute atomic E-state index is 4.47. The van der Waals surface area contributed by atoms with E-state index in [0.717, 1.165) is 54.8 Å². The van der Waals surface area contributed by atoms with Crippen molar-refractivity contribution in [2.75, 3.05) is 23.7 Å². The molecular weight excluding hydrogens is 266 g/mol. The zero-order valence-electron chi connectivity index (χ0n) is 13.1. The van der Waals surface area contributed by atoms with Crippen LogP contribution in [0, 0.1) is 13.8 Å². The van der Waals surface area contributed by atoms with Gasteiger partial charge in [0.15, 0.2) is 5.82 Å². The van der Waals surface area contributed by atoms with Crippen LogP contribution in [0.25, 0.3) is 0 Å². The van der Waals surface area contributed by atoms with E-state index in [9.17, 15) is 0 Å². The largest absolute Gasteiger partial charge is 0.370 e. The summed E-state index contributed by atoms with van der Waals surface area (Å²) in [4.78, 5) is 13.1. The zero-order valence-corrected chi connectivity index (χ0v) is 13.1. The van der Waals surface area contributed by atoms with Crippen molar-refractivity contribution in [3.63, 3.8) is 0 Å². The average molecular weight is 289 g/mol. The van der Waals surface area contributed by atoms with Crippen LogP contribution in [0.2, 0.25) is 0 Å². The zero-order chi connectivity index (χ0) is 15.2. The lowest BCUT2D eigenvalue weighted by molar-refractivity contribution is 0.741. The Balaban J connectivity index is 2.00. The van der Waals surface area contributed by atoms with Crippen LogP contribution in [0.1, 0.15) is 30.6 Å². The van der Waals surface area contributed by atoms with Gasteiger partial charge in [-0.2, -0.15) is 5.10 Å². The van der Waals surface area contributed by atoms with Crippen molar-refractivity contribution in [3.05, 3.63) is 23.5 Å². The van der Waals surface area contributed by atoms with Gasteiger partial charge in [0.05, 0.1) is 0 Å². The maximum Gasteiger partial charge on any atom is 0.152 e. The van der Waals surface area contributed by atoms with Crippen LogP contribution in [0.4, 0.5) is 11.6 Å². The van der Waals surface area contributed by atoms with Gasteiger partial charge in [0.1, 0.15) is 23.8 Å². The van der Waals surface area contributed by atoms with E-state index in [-0.39, 0.29) is 0 Å². The molecule has 7 heteroatoms. The molecular formula is C14H23N7. The Morgan fingerprint density at radius 3 is 2.33 bits per heavy atom. The van der Waals surface area contributed by atoms with Gasteiger partial charge in [-0.25, -0.2) is 15.0 Å². The Morgan fingerprint density at radius 1 is 1.10 bits per heavy atom. The highest BCUT2D eigenvalue weighted by atomic mass is 15.3. The van der Waals surface area contributed by atoms with E-state index in [2.05, 4.69) is 37.6 Å². The van der Waals surface area contributed by atoms with E-state index in [1.54, 1.807) is 11.0 Å². The predicted octanol–water partition coefficient (Wildman–Crippen LogP) is 1.70. The van der Waals surface area contributed by atoms with Crippen LogP contribution >= 0.6 is 0 Å². The summed E-state index contributed by atoms with van der Waals surface area (Å²) in [5, 5.41) is 10.9. The molecule has 0 bridgehead atoms. The van der Waals surface area contributed by atoms with Gasteiger partial charge in [-0.3, -0.25) is 4.68 Å². The Kier molecular flexibility index (Phi) is 5.08. The fraction of sp³-hybridized carbons (Fsp3) is 0.571. The van der Waals surface area contributed by atoms with Gasteiger partial charge in [-0.15, -0.1) is 0 Å². The van der Waals surface area contributed by atoms with Crippen LogP contribution in [0.3, 0.4) is 0 Å². The van der Waals surface area contributed by atoms with Gasteiger partial charge in [-0.1, -0.05) is 6.92 Å². The molecule has 0 aliphatic carbocycles. The Bertz CT molecular complexity index is 591. The molecule has 0 atom stereocenters. The van der Waals surface area contributed by atoms with Crippen LogP contribution in [-0.2, 0) is 13.5 Å². The van der Waals surface area contributed by atoms with Crippen molar-refractivity contribution >= 4 is 11.6 Å². The fourth-order valence-electron chi connectivity index (χ4n) is 2.01. The summed E-state index contributed by atoms with van der Waals surface area (Å²) in [5.74, 6) is 3.37. The molecule has 0 aliphatic rings. The summed E-state index contributed by atoms with van der Waals surface area (Å²) in [6, 6.07) is 0. The highest BCUT2D eigenvalue weighted by Gasteiger charge is 2.08. The summed E-state index contributed by atoms with van der Waals surface area (Å²) in [6.45, 7) is 7.72. The van der Waals surface area contributed by atoms with Crippen molar-refractivity contribution in [3.8, 4) is 0 Å².